The van der Waals surface area contributed by atoms with E-state index >= 15 is 0 Å². The minimum Gasteiger partial charge on any atom is -0.339 e. The summed E-state index contributed by atoms with van der Waals surface area (Å²) in [6.07, 6.45) is 1.75. The van der Waals surface area contributed by atoms with Crippen LogP contribution in [0.25, 0.3) is 0 Å². The fraction of sp³-hybridized carbons (Fsp3) is 0.308. The first-order valence-electron chi connectivity index (χ1n) is 11.7. The quantitative estimate of drug-likeness (QED) is 0.437. The molecule has 36 heavy (non-hydrogen) atoms. The van der Waals surface area contributed by atoms with Crippen molar-refractivity contribution in [2.75, 3.05) is 38.5 Å². The minimum absolute atomic E-state index is 0.00756. The Morgan fingerprint density at radius 2 is 1.69 bits per heavy atom. The first-order valence-corrected chi connectivity index (χ1v) is 13.5. The topological polar surface area (TPSA) is 94.6 Å². The zero-order valence-corrected chi connectivity index (χ0v) is 22.0. The van der Waals surface area contributed by atoms with Crippen molar-refractivity contribution < 1.29 is 14.4 Å². The van der Waals surface area contributed by atoms with Crippen molar-refractivity contribution in [1.82, 2.24) is 20.1 Å². The summed E-state index contributed by atoms with van der Waals surface area (Å²) in [7, 11) is 1.88. The predicted molar refractivity (Wildman–Crippen MR) is 143 cm³/mol. The zero-order valence-electron chi connectivity index (χ0n) is 20.3. The molecule has 0 unspecified atom stereocenters. The van der Waals surface area contributed by atoms with Crippen molar-refractivity contribution in [3.05, 3.63) is 77.0 Å². The Morgan fingerprint density at radius 1 is 0.972 bits per heavy atom. The van der Waals surface area contributed by atoms with Crippen LogP contribution in [-0.2, 0) is 17.1 Å². The predicted octanol–water partition coefficient (Wildman–Crippen LogP) is 3.71. The monoisotopic (exact) mass is 523 g/mol. The molecule has 2 heterocycles. The highest BCUT2D eigenvalue weighted by molar-refractivity contribution is 8.00. The number of hydrogen-bond acceptors (Lipinski definition) is 7. The summed E-state index contributed by atoms with van der Waals surface area (Å²) in [6, 6.07) is 15.1. The highest BCUT2D eigenvalue weighted by Crippen LogP contribution is 2.31. The van der Waals surface area contributed by atoms with E-state index in [4.69, 9.17) is 0 Å². The number of amides is 3. The highest BCUT2D eigenvalue weighted by atomic mass is 32.2. The van der Waals surface area contributed by atoms with Gasteiger partial charge in [-0.25, -0.2) is 4.98 Å². The maximum absolute atomic E-state index is 12.9. The molecule has 0 aliphatic carbocycles. The van der Waals surface area contributed by atoms with Crippen LogP contribution in [0.5, 0.6) is 0 Å². The zero-order chi connectivity index (χ0) is 25.5. The smallest absolute Gasteiger partial charge is 0.257 e. The SMILES string of the molecule is CNCc1ccc(C(=O)Nc2ncc(SCc3cccc(C(=O)N4CCN(C(C)=O)CC4)c3)s2)cc1. The molecule has 1 aliphatic heterocycles. The summed E-state index contributed by atoms with van der Waals surface area (Å²) in [5.74, 6) is 0.534. The molecular formula is C26H29N5O3S2. The summed E-state index contributed by atoms with van der Waals surface area (Å²) in [5.41, 5.74) is 3.39. The van der Waals surface area contributed by atoms with Gasteiger partial charge in [-0.2, -0.15) is 0 Å². The molecule has 0 saturated carbocycles. The number of thioether (sulfide) groups is 1. The maximum Gasteiger partial charge on any atom is 0.257 e. The number of hydrogen-bond donors (Lipinski definition) is 2. The molecule has 0 radical (unpaired) electrons. The van der Waals surface area contributed by atoms with Crippen LogP contribution in [0, 0.1) is 0 Å². The van der Waals surface area contributed by atoms with Crippen molar-refractivity contribution >= 4 is 46.0 Å². The number of benzene rings is 2. The molecular weight excluding hydrogens is 494 g/mol. The second kappa shape index (κ2) is 12.2. The van der Waals surface area contributed by atoms with Crippen LogP contribution < -0.4 is 10.6 Å². The van der Waals surface area contributed by atoms with Gasteiger partial charge in [-0.3, -0.25) is 19.7 Å². The Kier molecular flexibility index (Phi) is 8.74. The van der Waals surface area contributed by atoms with E-state index < -0.39 is 0 Å². The molecule has 0 spiro atoms. The van der Waals surface area contributed by atoms with E-state index in [1.165, 1.54) is 11.3 Å². The van der Waals surface area contributed by atoms with Gasteiger partial charge in [0.2, 0.25) is 5.91 Å². The van der Waals surface area contributed by atoms with Crippen LogP contribution in [-0.4, -0.2) is 65.7 Å². The Balaban J connectivity index is 1.30. The van der Waals surface area contributed by atoms with E-state index in [0.29, 0.717) is 48.2 Å². The van der Waals surface area contributed by atoms with Gasteiger partial charge in [-0.05, 0) is 42.4 Å². The molecule has 1 aliphatic rings. The number of carbonyl (C=O) groups excluding carboxylic acids is 3. The van der Waals surface area contributed by atoms with Crippen molar-refractivity contribution in [3.63, 3.8) is 0 Å². The number of carbonyl (C=O) groups is 3. The van der Waals surface area contributed by atoms with Gasteiger partial charge >= 0.3 is 0 Å². The third-order valence-corrected chi connectivity index (χ3v) is 8.05. The standard InChI is InChI=1S/C26H29N5O3S2/c1-18(32)30-10-12-31(13-11-30)25(34)22-5-3-4-20(14-22)17-35-23-16-28-26(36-23)29-24(33)21-8-6-19(7-9-21)15-27-2/h3-9,14,16,27H,10-13,15,17H2,1-2H3,(H,28,29,33). The molecule has 2 N–H and O–H groups in total. The van der Waals surface area contributed by atoms with Gasteiger partial charge in [0.15, 0.2) is 5.13 Å². The van der Waals surface area contributed by atoms with E-state index in [1.807, 2.05) is 55.6 Å². The van der Waals surface area contributed by atoms with Crippen LogP contribution in [0.1, 0.15) is 38.8 Å². The lowest BCUT2D eigenvalue weighted by molar-refractivity contribution is -0.130. The van der Waals surface area contributed by atoms with Crippen molar-refractivity contribution in [3.8, 4) is 0 Å². The molecule has 3 amide bonds. The van der Waals surface area contributed by atoms with E-state index in [0.717, 1.165) is 21.9 Å². The van der Waals surface area contributed by atoms with Crippen LogP contribution in [0.15, 0.2) is 58.9 Å². The number of thiazole rings is 1. The van der Waals surface area contributed by atoms with Crippen LogP contribution in [0.2, 0.25) is 0 Å². The number of piperazine rings is 1. The number of anilines is 1. The molecule has 3 aromatic rings. The van der Waals surface area contributed by atoms with Gasteiger partial charge in [0, 0.05) is 56.5 Å². The average Bonchev–Trinajstić information content (AvgIpc) is 3.35. The van der Waals surface area contributed by atoms with Crippen LogP contribution in [0.3, 0.4) is 0 Å². The highest BCUT2D eigenvalue weighted by Gasteiger charge is 2.23. The molecule has 10 heteroatoms. The van der Waals surface area contributed by atoms with Crippen LogP contribution >= 0.6 is 23.1 Å². The number of rotatable bonds is 8. The van der Waals surface area contributed by atoms with Gasteiger partial charge in [0.1, 0.15) is 0 Å². The van der Waals surface area contributed by atoms with E-state index in [1.54, 1.807) is 34.7 Å². The molecule has 1 fully saturated rings. The number of aromatic nitrogens is 1. The Morgan fingerprint density at radius 3 is 2.39 bits per heavy atom. The molecule has 1 saturated heterocycles. The summed E-state index contributed by atoms with van der Waals surface area (Å²) >= 11 is 3.04. The molecule has 2 aromatic carbocycles. The summed E-state index contributed by atoms with van der Waals surface area (Å²) in [6.45, 7) is 4.55. The molecule has 0 bridgehead atoms. The molecule has 0 atom stereocenters. The average molecular weight is 524 g/mol. The Hall–Kier alpha value is -3.21. The van der Waals surface area contributed by atoms with Crippen molar-refractivity contribution in [2.45, 2.75) is 23.4 Å². The molecule has 8 nitrogen and oxygen atoms in total. The second-order valence-corrected chi connectivity index (χ2v) is 10.8. The van der Waals surface area contributed by atoms with Gasteiger partial charge in [-0.15, -0.1) is 11.8 Å². The van der Waals surface area contributed by atoms with E-state index in [9.17, 15) is 14.4 Å². The molecule has 1 aromatic heterocycles. The third-order valence-electron chi connectivity index (χ3n) is 5.87. The van der Waals surface area contributed by atoms with Gasteiger partial charge in [0.25, 0.3) is 11.8 Å². The van der Waals surface area contributed by atoms with Crippen molar-refractivity contribution in [1.29, 1.82) is 0 Å². The lowest BCUT2D eigenvalue weighted by atomic mass is 10.1. The van der Waals surface area contributed by atoms with Crippen LogP contribution in [0.4, 0.5) is 5.13 Å². The Bertz CT molecular complexity index is 1220. The lowest BCUT2D eigenvalue weighted by Gasteiger charge is -2.34. The first kappa shape index (κ1) is 25.9. The van der Waals surface area contributed by atoms with E-state index in [2.05, 4.69) is 15.6 Å². The Labute approximate surface area is 219 Å². The van der Waals surface area contributed by atoms with E-state index in [-0.39, 0.29) is 17.7 Å². The largest absolute Gasteiger partial charge is 0.339 e. The van der Waals surface area contributed by atoms with Gasteiger partial charge in [0.05, 0.1) is 10.4 Å². The lowest BCUT2D eigenvalue weighted by Crippen LogP contribution is -2.50. The molecule has 188 valence electrons. The number of nitrogens with one attached hydrogen (secondary N) is 2. The second-order valence-electron chi connectivity index (χ2n) is 8.45. The minimum atomic E-state index is -0.188. The third kappa shape index (κ3) is 6.71. The summed E-state index contributed by atoms with van der Waals surface area (Å²) in [5, 5.41) is 6.50. The number of nitrogens with zero attached hydrogens (tertiary/aromatic N) is 3. The first-order chi connectivity index (χ1) is 17.4. The molecule has 4 rings (SSSR count). The normalized spacial score (nSPS) is 13.5. The fourth-order valence-electron chi connectivity index (χ4n) is 3.89. The van der Waals surface area contributed by atoms with Gasteiger partial charge in [-0.1, -0.05) is 35.6 Å². The summed E-state index contributed by atoms with van der Waals surface area (Å²) in [4.78, 5) is 44.9. The van der Waals surface area contributed by atoms with Crippen molar-refractivity contribution in [2.24, 2.45) is 0 Å². The van der Waals surface area contributed by atoms with Gasteiger partial charge < -0.3 is 15.1 Å². The maximum atomic E-state index is 12.9. The fourth-order valence-corrected chi connectivity index (χ4v) is 5.70. The summed E-state index contributed by atoms with van der Waals surface area (Å²) < 4.78 is 0.978.